The largest absolute Gasteiger partial charge is 0.352 e. The summed E-state index contributed by atoms with van der Waals surface area (Å²) in [4.78, 5) is 11.7. The molecule has 1 amide bonds. The molecule has 0 saturated heterocycles. The maximum Gasteiger partial charge on any atom is 0.237 e. The van der Waals surface area contributed by atoms with Crippen LogP contribution in [0.5, 0.6) is 0 Å². The molecule has 0 aliphatic carbocycles. The van der Waals surface area contributed by atoms with Crippen molar-refractivity contribution in [1.82, 2.24) is 5.32 Å². The maximum atomic E-state index is 11.7. The van der Waals surface area contributed by atoms with Gasteiger partial charge in [0.15, 0.2) is 0 Å². The molecule has 3 N–H and O–H groups in total. The van der Waals surface area contributed by atoms with Crippen molar-refractivity contribution < 1.29 is 4.79 Å². The summed E-state index contributed by atoms with van der Waals surface area (Å²) in [6.45, 7) is 4.06. The third kappa shape index (κ3) is 5.32. The van der Waals surface area contributed by atoms with Crippen molar-refractivity contribution in [3.63, 3.8) is 0 Å². The number of hydrogen-bond donors (Lipinski definition) is 2. The first kappa shape index (κ1) is 14.7. The lowest BCUT2D eigenvalue weighted by atomic mass is 10.1. The van der Waals surface area contributed by atoms with Crippen molar-refractivity contribution in [3.05, 3.63) is 35.9 Å². The molecular weight excluding hydrogens is 224 g/mol. The average Bonchev–Trinajstić information content (AvgIpc) is 2.38. The number of amides is 1. The number of carbonyl (C=O) groups excluding carboxylic acids is 1. The Hall–Kier alpha value is -1.35. The molecule has 18 heavy (non-hydrogen) atoms. The van der Waals surface area contributed by atoms with Crippen LogP contribution in [-0.2, 0) is 11.2 Å². The number of nitrogens with two attached hydrogens (primary N) is 1. The molecule has 0 radical (unpaired) electrons. The van der Waals surface area contributed by atoms with Crippen LogP contribution in [0.4, 0.5) is 0 Å². The van der Waals surface area contributed by atoms with E-state index in [0.29, 0.717) is 0 Å². The second-order valence-corrected chi connectivity index (χ2v) is 4.83. The summed E-state index contributed by atoms with van der Waals surface area (Å²) < 4.78 is 0. The second kappa shape index (κ2) is 7.88. The van der Waals surface area contributed by atoms with E-state index >= 15 is 0 Å². The highest BCUT2D eigenvalue weighted by Crippen LogP contribution is 2.05. The predicted octanol–water partition coefficient (Wildman–Crippen LogP) is 2.25. The lowest BCUT2D eigenvalue weighted by Crippen LogP contribution is -2.44. The van der Waals surface area contributed by atoms with Gasteiger partial charge in [0.2, 0.25) is 5.91 Å². The molecule has 3 nitrogen and oxygen atoms in total. The third-order valence-corrected chi connectivity index (χ3v) is 3.03. The monoisotopic (exact) mass is 248 g/mol. The SMILES string of the molecule is CCC[C@H](N)C(=O)NC(C)CCc1ccccc1. The fourth-order valence-corrected chi connectivity index (χ4v) is 1.89. The lowest BCUT2D eigenvalue weighted by Gasteiger charge is -2.17. The quantitative estimate of drug-likeness (QED) is 0.777. The first-order valence-corrected chi connectivity index (χ1v) is 6.73. The van der Waals surface area contributed by atoms with E-state index in [9.17, 15) is 4.79 Å². The Balaban J connectivity index is 2.29. The van der Waals surface area contributed by atoms with Gasteiger partial charge in [-0.15, -0.1) is 0 Å². The standard InChI is InChI=1S/C15H24N2O/c1-3-7-14(16)15(18)17-12(2)10-11-13-8-5-4-6-9-13/h4-6,8-9,12,14H,3,7,10-11,16H2,1-2H3,(H,17,18)/t12?,14-/m0/s1. The van der Waals surface area contributed by atoms with Crippen molar-refractivity contribution >= 4 is 5.91 Å². The van der Waals surface area contributed by atoms with Crippen LogP contribution in [0.15, 0.2) is 30.3 Å². The summed E-state index contributed by atoms with van der Waals surface area (Å²) in [5.74, 6) is -0.0302. The van der Waals surface area contributed by atoms with Crippen LogP contribution in [0, 0.1) is 0 Å². The zero-order chi connectivity index (χ0) is 13.4. The van der Waals surface area contributed by atoms with Crippen molar-refractivity contribution in [2.45, 2.75) is 51.6 Å². The molecule has 3 heteroatoms. The van der Waals surface area contributed by atoms with Gasteiger partial charge in [-0.3, -0.25) is 4.79 Å². The number of aryl methyl sites for hydroxylation is 1. The van der Waals surface area contributed by atoms with Crippen molar-refractivity contribution in [1.29, 1.82) is 0 Å². The van der Waals surface area contributed by atoms with E-state index in [-0.39, 0.29) is 18.0 Å². The van der Waals surface area contributed by atoms with Crippen LogP contribution in [0.25, 0.3) is 0 Å². The summed E-state index contributed by atoms with van der Waals surface area (Å²) in [7, 11) is 0. The Bertz CT molecular complexity index is 351. The van der Waals surface area contributed by atoms with Crippen LogP contribution >= 0.6 is 0 Å². The number of carbonyl (C=O) groups is 1. The van der Waals surface area contributed by atoms with E-state index in [1.807, 2.05) is 32.0 Å². The maximum absolute atomic E-state index is 11.7. The van der Waals surface area contributed by atoms with Gasteiger partial charge in [-0.1, -0.05) is 43.7 Å². The van der Waals surface area contributed by atoms with Crippen LogP contribution in [0.2, 0.25) is 0 Å². The van der Waals surface area contributed by atoms with E-state index in [1.165, 1.54) is 5.56 Å². The third-order valence-electron chi connectivity index (χ3n) is 3.03. The van der Waals surface area contributed by atoms with Crippen LogP contribution in [0.3, 0.4) is 0 Å². The molecule has 2 atom stereocenters. The minimum absolute atomic E-state index is 0.0302. The molecule has 100 valence electrons. The Morgan fingerprint density at radius 3 is 2.56 bits per heavy atom. The highest BCUT2D eigenvalue weighted by Gasteiger charge is 2.14. The summed E-state index contributed by atoms with van der Waals surface area (Å²) >= 11 is 0. The normalized spacial score (nSPS) is 13.9. The van der Waals surface area contributed by atoms with Crippen molar-refractivity contribution in [2.24, 2.45) is 5.73 Å². The molecule has 1 aromatic rings. The number of rotatable bonds is 7. The van der Waals surface area contributed by atoms with Crippen LogP contribution < -0.4 is 11.1 Å². The summed E-state index contributed by atoms with van der Waals surface area (Å²) in [6.07, 6.45) is 3.60. The van der Waals surface area contributed by atoms with E-state index in [0.717, 1.165) is 25.7 Å². The average molecular weight is 248 g/mol. The van der Waals surface area contributed by atoms with Crippen LogP contribution in [-0.4, -0.2) is 18.0 Å². The number of hydrogen-bond acceptors (Lipinski definition) is 2. The first-order valence-electron chi connectivity index (χ1n) is 6.73. The van der Waals surface area contributed by atoms with Gasteiger partial charge in [-0.25, -0.2) is 0 Å². The smallest absolute Gasteiger partial charge is 0.237 e. The van der Waals surface area contributed by atoms with Crippen LogP contribution in [0.1, 0.15) is 38.7 Å². The van der Waals surface area contributed by atoms with E-state index in [4.69, 9.17) is 5.73 Å². The van der Waals surface area contributed by atoms with E-state index in [1.54, 1.807) is 0 Å². The Morgan fingerprint density at radius 2 is 1.94 bits per heavy atom. The van der Waals surface area contributed by atoms with Gasteiger partial charge in [-0.2, -0.15) is 0 Å². The molecule has 0 aromatic heterocycles. The minimum atomic E-state index is -0.367. The Labute approximate surface area is 110 Å². The number of benzene rings is 1. The molecule has 1 aromatic carbocycles. The van der Waals surface area contributed by atoms with Gasteiger partial charge in [0.05, 0.1) is 6.04 Å². The first-order chi connectivity index (χ1) is 8.63. The van der Waals surface area contributed by atoms with Crippen molar-refractivity contribution in [2.75, 3.05) is 0 Å². The van der Waals surface area contributed by atoms with Gasteiger partial charge >= 0.3 is 0 Å². The Morgan fingerprint density at radius 1 is 1.28 bits per heavy atom. The molecule has 1 unspecified atom stereocenters. The topological polar surface area (TPSA) is 55.1 Å². The fraction of sp³-hybridized carbons (Fsp3) is 0.533. The van der Waals surface area contributed by atoms with E-state index < -0.39 is 0 Å². The zero-order valence-electron chi connectivity index (χ0n) is 11.4. The van der Waals surface area contributed by atoms with Gasteiger partial charge in [-0.05, 0) is 31.7 Å². The van der Waals surface area contributed by atoms with Gasteiger partial charge in [0.1, 0.15) is 0 Å². The van der Waals surface area contributed by atoms with Gasteiger partial charge < -0.3 is 11.1 Å². The molecular formula is C15H24N2O. The summed E-state index contributed by atoms with van der Waals surface area (Å²) in [6, 6.07) is 10.1. The molecule has 0 spiro atoms. The molecule has 0 aliphatic heterocycles. The molecule has 0 bridgehead atoms. The zero-order valence-corrected chi connectivity index (χ0v) is 11.4. The summed E-state index contributed by atoms with van der Waals surface area (Å²) in [5.41, 5.74) is 7.07. The second-order valence-electron chi connectivity index (χ2n) is 4.83. The lowest BCUT2D eigenvalue weighted by molar-refractivity contribution is -0.123. The van der Waals surface area contributed by atoms with Gasteiger partial charge in [0, 0.05) is 6.04 Å². The summed E-state index contributed by atoms with van der Waals surface area (Å²) in [5, 5.41) is 2.97. The fourth-order valence-electron chi connectivity index (χ4n) is 1.89. The minimum Gasteiger partial charge on any atom is -0.352 e. The highest BCUT2D eigenvalue weighted by molar-refractivity contribution is 5.81. The predicted molar refractivity (Wildman–Crippen MR) is 75.3 cm³/mol. The number of nitrogens with one attached hydrogen (secondary N) is 1. The Kier molecular flexibility index (Phi) is 6.44. The molecule has 0 aliphatic rings. The highest BCUT2D eigenvalue weighted by atomic mass is 16.2. The molecule has 0 saturated carbocycles. The van der Waals surface area contributed by atoms with Gasteiger partial charge in [0.25, 0.3) is 0 Å². The van der Waals surface area contributed by atoms with E-state index in [2.05, 4.69) is 17.4 Å². The molecule has 1 rings (SSSR count). The molecule has 0 fully saturated rings. The molecule has 0 heterocycles. The van der Waals surface area contributed by atoms with Crippen molar-refractivity contribution in [3.8, 4) is 0 Å².